The molecule has 0 aromatic carbocycles. The molecule has 1 heterocycles. The van der Waals surface area contributed by atoms with Crippen LogP contribution >= 0.6 is 0 Å². The Kier molecular flexibility index (Phi) is 10.1. The SMILES string of the molecule is C[C@@H]1CCC2C(=CCCC2(C)C)[C@@]1(C)CCC(CCCc1ccoc1)COS(=O)(=O)[O-].[Na+]. The number of fused-ring (bicyclic) bond motifs is 1. The van der Waals surface area contributed by atoms with Crippen molar-refractivity contribution in [3.63, 3.8) is 0 Å². The summed E-state index contributed by atoms with van der Waals surface area (Å²) in [6, 6.07) is 1.95. The summed E-state index contributed by atoms with van der Waals surface area (Å²) in [6.45, 7) is 9.57. The third kappa shape index (κ3) is 7.19. The van der Waals surface area contributed by atoms with Crippen LogP contribution in [0.2, 0.25) is 0 Å². The molecule has 176 valence electrons. The fraction of sp³-hybridized carbons (Fsp3) is 0.760. The van der Waals surface area contributed by atoms with Crippen molar-refractivity contribution in [1.82, 2.24) is 0 Å². The Morgan fingerprint density at radius 1 is 1.25 bits per heavy atom. The Bertz CT molecular complexity index is 846. The van der Waals surface area contributed by atoms with E-state index >= 15 is 0 Å². The van der Waals surface area contributed by atoms with Crippen LogP contribution in [0.25, 0.3) is 0 Å². The topological polar surface area (TPSA) is 79.6 Å². The molecule has 0 radical (unpaired) electrons. The van der Waals surface area contributed by atoms with Crippen LogP contribution in [-0.4, -0.2) is 19.6 Å². The zero-order valence-corrected chi connectivity index (χ0v) is 23.4. The maximum atomic E-state index is 11.1. The number of hydrogen-bond donors (Lipinski definition) is 0. The van der Waals surface area contributed by atoms with E-state index in [1.165, 1.54) is 19.3 Å². The van der Waals surface area contributed by atoms with Gasteiger partial charge in [-0.3, -0.25) is 4.18 Å². The maximum absolute atomic E-state index is 11.1. The fourth-order valence-electron chi connectivity index (χ4n) is 5.95. The van der Waals surface area contributed by atoms with Gasteiger partial charge in [-0.15, -0.1) is 0 Å². The summed E-state index contributed by atoms with van der Waals surface area (Å²) in [5, 5.41) is 0. The summed E-state index contributed by atoms with van der Waals surface area (Å²) in [7, 11) is -4.67. The molecule has 4 atom stereocenters. The monoisotopic (exact) mass is 474 g/mol. The standard InChI is InChI=1S/C25H40O5S.Na/c1-19-10-11-22-23(9-6-14-24(22,2)3)25(19,4)15-12-20(18-30-31(26,27)28)7-5-8-21-13-16-29-17-21;/h9,13,16-17,19-20,22H,5-8,10-12,14-15,18H2,1-4H3,(H,26,27,28);/q;+1/p-1/t19-,20?,22?,25+;/m1./s1. The number of furan rings is 1. The molecule has 2 unspecified atom stereocenters. The molecule has 0 bridgehead atoms. The first-order valence-electron chi connectivity index (χ1n) is 11.8. The number of allylic oxidation sites excluding steroid dienone is 2. The van der Waals surface area contributed by atoms with Crippen molar-refractivity contribution >= 4 is 10.4 Å². The zero-order valence-electron chi connectivity index (χ0n) is 20.6. The first-order valence-corrected chi connectivity index (χ1v) is 13.2. The summed E-state index contributed by atoms with van der Waals surface area (Å²) < 4.78 is 43.1. The van der Waals surface area contributed by atoms with Gasteiger partial charge in [-0.05, 0) is 98.0 Å². The minimum atomic E-state index is -4.67. The van der Waals surface area contributed by atoms with Gasteiger partial charge in [0.25, 0.3) is 0 Å². The summed E-state index contributed by atoms with van der Waals surface area (Å²) in [4.78, 5) is 0. The molecule has 2 aliphatic rings. The minimum absolute atomic E-state index is 0. The third-order valence-electron chi connectivity index (χ3n) is 8.29. The van der Waals surface area contributed by atoms with E-state index in [2.05, 4.69) is 33.8 Å². The van der Waals surface area contributed by atoms with E-state index in [4.69, 9.17) is 8.60 Å². The van der Waals surface area contributed by atoms with Crippen LogP contribution in [0, 0.1) is 28.6 Å². The molecule has 7 heteroatoms. The molecule has 0 saturated heterocycles. The van der Waals surface area contributed by atoms with E-state index in [1.807, 2.05) is 6.07 Å². The molecule has 5 nitrogen and oxygen atoms in total. The Labute approximate surface area is 217 Å². The van der Waals surface area contributed by atoms with Gasteiger partial charge in [0.1, 0.15) is 0 Å². The maximum Gasteiger partial charge on any atom is 1.00 e. The molecule has 0 N–H and O–H groups in total. The molecule has 1 fully saturated rings. The van der Waals surface area contributed by atoms with Crippen molar-refractivity contribution in [1.29, 1.82) is 0 Å². The van der Waals surface area contributed by atoms with Crippen LogP contribution in [0.5, 0.6) is 0 Å². The van der Waals surface area contributed by atoms with Crippen LogP contribution in [-0.2, 0) is 21.0 Å². The second-order valence-electron chi connectivity index (χ2n) is 10.8. The number of hydrogen-bond acceptors (Lipinski definition) is 5. The van der Waals surface area contributed by atoms with Gasteiger partial charge in [0.2, 0.25) is 10.4 Å². The fourth-order valence-corrected chi connectivity index (χ4v) is 6.31. The zero-order chi connectivity index (χ0) is 22.7. The minimum Gasteiger partial charge on any atom is -0.726 e. The predicted molar refractivity (Wildman–Crippen MR) is 121 cm³/mol. The molecule has 0 amide bonds. The molecule has 1 saturated carbocycles. The van der Waals surface area contributed by atoms with E-state index in [-0.39, 0.29) is 47.5 Å². The number of rotatable bonds is 10. The van der Waals surface area contributed by atoms with Gasteiger partial charge < -0.3 is 8.97 Å². The van der Waals surface area contributed by atoms with E-state index in [0.717, 1.165) is 44.1 Å². The van der Waals surface area contributed by atoms with E-state index < -0.39 is 10.4 Å². The summed E-state index contributed by atoms with van der Waals surface area (Å²) in [6.07, 6.45) is 15.3. The van der Waals surface area contributed by atoms with Crippen LogP contribution < -0.4 is 29.6 Å². The van der Waals surface area contributed by atoms with Crippen molar-refractivity contribution in [2.75, 3.05) is 6.61 Å². The molecular weight excluding hydrogens is 435 g/mol. The molecule has 0 spiro atoms. The second-order valence-corrected chi connectivity index (χ2v) is 11.8. The van der Waals surface area contributed by atoms with Gasteiger partial charge in [-0.1, -0.05) is 39.3 Å². The Hall–Kier alpha value is -0.110. The summed E-state index contributed by atoms with van der Waals surface area (Å²) in [5.74, 6) is 1.29. The smallest absolute Gasteiger partial charge is 0.726 e. The normalized spacial score (nSPS) is 28.3. The van der Waals surface area contributed by atoms with Gasteiger partial charge >= 0.3 is 29.6 Å². The van der Waals surface area contributed by atoms with Crippen LogP contribution in [0.15, 0.2) is 34.7 Å². The first kappa shape index (κ1) is 28.1. The average Bonchev–Trinajstić information content (AvgIpc) is 3.19. The molecule has 32 heavy (non-hydrogen) atoms. The van der Waals surface area contributed by atoms with Gasteiger partial charge in [0, 0.05) is 0 Å². The Morgan fingerprint density at radius 3 is 2.66 bits per heavy atom. The second kappa shape index (κ2) is 11.5. The Morgan fingerprint density at radius 2 is 2.00 bits per heavy atom. The largest absolute Gasteiger partial charge is 1.00 e. The van der Waals surface area contributed by atoms with Crippen molar-refractivity contribution < 1.29 is 51.1 Å². The average molecular weight is 475 g/mol. The molecular formula is C25H39NaO5S. The van der Waals surface area contributed by atoms with Crippen LogP contribution in [0.3, 0.4) is 0 Å². The van der Waals surface area contributed by atoms with Crippen LogP contribution in [0.1, 0.15) is 84.6 Å². The molecule has 0 aliphatic heterocycles. The number of aryl methyl sites for hydroxylation is 1. The predicted octanol–water partition coefficient (Wildman–Crippen LogP) is 3.28. The van der Waals surface area contributed by atoms with Gasteiger partial charge in [0.05, 0.1) is 19.1 Å². The summed E-state index contributed by atoms with van der Waals surface area (Å²) in [5.41, 5.74) is 3.23. The quantitative estimate of drug-likeness (QED) is 0.225. The third-order valence-corrected chi connectivity index (χ3v) is 8.71. The van der Waals surface area contributed by atoms with Gasteiger partial charge in [-0.2, -0.15) is 0 Å². The van der Waals surface area contributed by atoms with Crippen LogP contribution in [0.4, 0.5) is 0 Å². The van der Waals surface area contributed by atoms with Crippen molar-refractivity contribution in [2.24, 2.45) is 28.6 Å². The first-order chi connectivity index (χ1) is 14.5. The van der Waals surface area contributed by atoms with Crippen molar-refractivity contribution in [2.45, 2.75) is 85.5 Å². The summed E-state index contributed by atoms with van der Waals surface area (Å²) >= 11 is 0. The van der Waals surface area contributed by atoms with E-state index in [0.29, 0.717) is 17.3 Å². The molecule has 1 aromatic rings. The molecule has 1 aromatic heterocycles. The molecule has 3 rings (SSSR count). The molecule has 2 aliphatic carbocycles. The van der Waals surface area contributed by atoms with E-state index in [1.54, 1.807) is 18.1 Å². The van der Waals surface area contributed by atoms with Crippen molar-refractivity contribution in [3.05, 3.63) is 35.8 Å². The van der Waals surface area contributed by atoms with Crippen molar-refractivity contribution in [3.8, 4) is 0 Å². The Balaban J connectivity index is 0.00000363. The van der Waals surface area contributed by atoms with Gasteiger partial charge in [-0.25, -0.2) is 8.42 Å². The van der Waals surface area contributed by atoms with E-state index in [9.17, 15) is 13.0 Å². The van der Waals surface area contributed by atoms with Gasteiger partial charge in [0.15, 0.2) is 0 Å².